The van der Waals surface area contributed by atoms with Gasteiger partial charge in [0.25, 0.3) is 0 Å². The predicted octanol–water partition coefficient (Wildman–Crippen LogP) is 3.89. The van der Waals surface area contributed by atoms with Gasteiger partial charge in [-0.2, -0.15) is 0 Å². The molecule has 0 aliphatic carbocycles. The Bertz CT molecular complexity index is 480. The number of aryl methyl sites for hydroxylation is 1. The first-order valence-electron chi connectivity index (χ1n) is 5.79. The van der Waals surface area contributed by atoms with E-state index in [9.17, 15) is 0 Å². The predicted molar refractivity (Wildman–Crippen MR) is 72.3 cm³/mol. The van der Waals surface area contributed by atoms with Crippen LogP contribution in [0.1, 0.15) is 18.1 Å². The molecule has 2 aromatic carbocycles. The van der Waals surface area contributed by atoms with E-state index < -0.39 is 0 Å². The van der Waals surface area contributed by atoms with E-state index in [2.05, 4.69) is 43.3 Å². The van der Waals surface area contributed by atoms with Gasteiger partial charge in [0.2, 0.25) is 0 Å². The van der Waals surface area contributed by atoms with Crippen molar-refractivity contribution in [3.05, 3.63) is 59.7 Å². The van der Waals surface area contributed by atoms with Crippen LogP contribution < -0.4 is 0 Å². The number of rotatable bonds is 4. The van der Waals surface area contributed by atoms with Gasteiger partial charge in [0.05, 0.1) is 6.61 Å². The van der Waals surface area contributed by atoms with E-state index in [0.717, 1.165) is 12.0 Å². The zero-order valence-electron chi connectivity index (χ0n) is 9.89. The lowest BCUT2D eigenvalue weighted by molar-refractivity contribution is 0.281. The Hall–Kier alpha value is -1.25. The highest BCUT2D eigenvalue weighted by atomic mass is 32.2. The largest absolute Gasteiger partial charge is 0.392 e. The van der Waals surface area contributed by atoms with E-state index in [0.29, 0.717) is 0 Å². The van der Waals surface area contributed by atoms with E-state index >= 15 is 0 Å². The van der Waals surface area contributed by atoms with Crippen molar-refractivity contribution in [1.82, 2.24) is 0 Å². The molecule has 0 aliphatic heterocycles. The molecule has 0 radical (unpaired) electrons. The number of hydrogen-bond acceptors (Lipinski definition) is 2. The average Bonchev–Trinajstić information content (AvgIpc) is 2.40. The summed E-state index contributed by atoms with van der Waals surface area (Å²) in [6.07, 6.45) is 0.989. The molecule has 1 nitrogen and oxygen atoms in total. The molecule has 2 aromatic rings. The summed E-state index contributed by atoms with van der Waals surface area (Å²) in [4.78, 5) is 2.52. The minimum absolute atomic E-state index is 0.114. The van der Waals surface area contributed by atoms with Crippen LogP contribution >= 0.6 is 11.8 Å². The summed E-state index contributed by atoms with van der Waals surface area (Å²) in [5, 5.41) is 9.13. The smallest absolute Gasteiger partial charge is 0.0681 e. The molecule has 17 heavy (non-hydrogen) atoms. The Morgan fingerprint density at radius 1 is 1.06 bits per heavy atom. The molecule has 1 N–H and O–H groups in total. The van der Waals surface area contributed by atoms with Crippen LogP contribution in [-0.2, 0) is 13.0 Å². The molecule has 0 saturated carbocycles. The summed E-state index contributed by atoms with van der Waals surface area (Å²) in [5.74, 6) is 0. The Kier molecular flexibility index (Phi) is 4.24. The van der Waals surface area contributed by atoms with Crippen LogP contribution in [0, 0.1) is 0 Å². The van der Waals surface area contributed by atoms with Gasteiger partial charge in [-0.3, -0.25) is 0 Å². The quantitative estimate of drug-likeness (QED) is 0.880. The number of benzene rings is 2. The second-order valence-electron chi connectivity index (χ2n) is 3.87. The van der Waals surface area contributed by atoms with Gasteiger partial charge in [0.1, 0.15) is 0 Å². The van der Waals surface area contributed by atoms with Crippen LogP contribution in [0.2, 0.25) is 0 Å². The fraction of sp³-hybridized carbons (Fsp3) is 0.200. The SMILES string of the molecule is CCc1cc(CO)ccc1Sc1ccccc1. The lowest BCUT2D eigenvalue weighted by atomic mass is 10.1. The zero-order chi connectivity index (χ0) is 12.1. The Morgan fingerprint density at radius 2 is 1.82 bits per heavy atom. The molecule has 2 rings (SSSR count). The first kappa shape index (κ1) is 12.2. The maximum Gasteiger partial charge on any atom is 0.0681 e. The van der Waals surface area contributed by atoms with E-state index in [1.807, 2.05) is 12.1 Å². The molecule has 0 saturated heterocycles. The van der Waals surface area contributed by atoms with Crippen LogP contribution in [0.4, 0.5) is 0 Å². The molecule has 0 fully saturated rings. The van der Waals surface area contributed by atoms with Crippen LogP contribution in [0.5, 0.6) is 0 Å². The van der Waals surface area contributed by atoms with E-state index in [1.54, 1.807) is 11.8 Å². The molecule has 2 heteroatoms. The monoisotopic (exact) mass is 244 g/mol. The van der Waals surface area contributed by atoms with Gasteiger partial charge >= 0.3 is 0 Å². The third kappa shape index (κ3) is 3.11. The lowest BCUT2D eigenvalue weighted by Gasteiger charge is -2.09. The first-order valence-corrected chi connectivity index (χ1v) is 6.60. The topological polar surface area (TPSA) is 20.2 Å². The van der Waals surface area contributed by atoms with Gasteiger partial charge in [-0.15, -0.1) is 0 Å². The molecule has 0 amide bonds. The Morgan fingerprint density at radius 3 is 2.47 bits per heavy atom. The maximum atomic E-state index is 9.13. The van der Waals surface area contributed by atoms with Crippen molar-refractivity contribution in [3.8, 4) is 0 Å². The summed E-state index contributed by atoms with van der Waals surface area (Å²) in [5.41, 5.74) is 2.28. The summed E-state index contributed by atoms with van der Waals surface area (Å²) in [7, 11) is 0. The van der Waals surface area contributed by atoms with E-state index in [1.165, 1.54) is 15.4 Å². The molecule has 0 unspecified atom stereocenters. The third-order valence-corrected chi connectivity index (χ3v) is 3.79. The van der Waals surface area contributed by atoms with Crippen molar-refractivity contribution >= 4 is 11.8 Å². The minimum atomic E-state index is 0.114. The standard InChI is InChI=1S/C15H16OS/c1-2-13-10-12(11-16)8-9-15(13)17-14-6-4-3-5-7-14/h3-10,16H,2,11H2,1H3. The fourth-order valence-electron chi connectivity index (χ4n) is 1.72. The van der Waals surface area contributed by atoms with Crippen molar-refractivity contribution in [2.45, 2.75) is 29.7 Å². The van der Waals surface area contributed by atoms with Gasteiger partial charge in [0, 0.05) is 9.79 Å². The fourth-order valence-corrected chi connectivity index (χ4v) is 2.74. The summed E-state index contributed by atoms with van der Waals surface area (Å²) < 4.78 is 0. The zero-order valence-corrected chi connectivity index (χ0v) is 10.7. The van der Waals surface area contributed by atoms with Crippen LogP contribution in [0.15, 0.2) is 58.3 Å². The lowest BCUT2D eigenvalue weighted by Crippen LogP contribution is -1.90. The molecule has 0 atom stereocenters. The van der Waals surface area contributed by atoms with Gasteiger partial charge in [-0.05, 0) is 35.7 Å². The molecule has 0 spiro atoms. The summed E-state index contributed by atoms with van der Waals surface area (Å²) in [6, 6.07) is 16.5. The van der Waals surface area contributed by atoms with Gasteiger partial charge in [-0.25, -0.2) is 0 Å². The molecule has 0 heterocycles. The normalized spacial score (nSPS) is 10.5. The van der Waals surface area contributed by atoms with Crippen molar-refractivity contribution in [2.75, 3.05) is 0 Å². The van der Waals surface area contributed by atoms with Crippen molar-refractivity contribution in [3.63, 3.8) is 0 Å². The summed E-state index contributed by atoms with van der Waals surface area (Å²) in [6.45, 7) is 2.26. The minimum Gasteiger partial charge on any atom is -0.392 e. The number of hydrogen-bond donors (Lipinski definition) is 1. The Balaban J connectivity index is 2.26. The summed E-state index contributed by atoms with van der Waals surface area (Å²) >= 11 is 1.78. The third-order valence-electron chi connectivity index (χ3n) is 2.66. The molecule has 0 bridgehead atoms. The highest BCUT2D eigenvalue weighted by Gasteiger charge is 2.04. The Labute approximate surface area is 107 Å². The van der Waals surface area contributed by atoms with Gasteiger partial charge < -0.3 is 5.11 Å². The molecular weight excluding hydrogens is 228 g/mol. The van der Waals surface area contributed by atoms with Gasteiger partial charge in [0.15, 0.2) is 0 Å². The highest BCUT2D eigenvalue weighted by molar-refractivity contribution is 7.99. The van der Waals surface area contributed by atoms with E-state index in [-0.39, 0.29) is 6.61 Å². The second-order valence-corrected chi connectivity index (χ2v) is 4.98. The highest BCUT2D eigenvalue weighted by Crippen LogP contribution is 2.31. The molecular formula is C15H16OS. The molecule has 0 aliphatic rings. The van der Waals surface area contributed by atoms with Crippen molar-refractivity contribution in [2.24, 2.45) is 0 Å². The average molecular weight is 244 g/mol. The van der Waals surface area contributed by atoms with Crippen LogP contribution in [0.3, 0.4) is 0 Å². The van der Waals surface area contributed by atoms with Crippen molar-refractivity contribution in [1.29, 1.82) is 0 Å². The number of aliphatic hydroxyl groups excluding tert-OH is 1. The molecule has 88 valence electrons. The van der Waals surface area contributed by atoms with Crippen LogP contribution in [0.25, 0.3) is 0 Å². The molecule has 0 aromatic heterocycles. The van der Waals surface area contributed by atoms with E-state index in [4.69, 9.17) is 5.11 Å². The number of aliphatic hydroxyl groups is 1. The van der Waals surface area contributed by atoms with Crippen LogP contribution in [-0.4, -0.2) is 5.11 Å². The first-order chi connectivity index (χ1) is 8.33. The van der Waals surface area contributed by atoms with Crippen molar-refractivity contribution < 1.29 is 5.11 Å². The maximum absolute atomic E-state index is 9.13. The second kappa shape index (κ2) is 5.89. The van der Waals surface area contributed by atoms with Gasteiger partial charge in [-0.1, -0.05) is 49.0 Å².